The fraction of sp³-hybridized carbons (Fsp3) is 0.421. The summed E-state index contributed by atoms with van der Waals surface area (Å²) in [6, 6.07) is 11.9. The van der Waals surface area contributed by atoms with E-state index in [0.717, 1.165) is 25.1 Å². The van der Waals surface area contributed by atoms with Gasteiger partial charge in [0.05, 0.1) is 12.5 Å². The first-order chi connectivity index (χ1) is 12.2. The molecule has 0 unspecified atom stereocenters. The molecule has 1 atom stereocenters. The van der Waals surface area contributed by atoms with Gasteiger partial charge in [-0.2, -0.15) is 0 Å². The Labute approximate surface area is 148 Å². The summed E-state index contributed by atoms with van der Waals surface area (Å²) in [6.07, 6.45) is 5.26. The predicted octanol–water partition coefficient (Wildman–Crippen LogP) is 2.37. The molecule has 0 bridgehead atoms. The van der Waals surface area contributed by atoms with E-state index in [1.165, 1.54) is 0 Å². The largest absolute Gasteiger partial charge is 0.464 e. The van der Waals surface area contributed by atoms with E-state index in [2.05, 4.69) is 19.8 Å². The molecule has 6 nitrogen and oxygen atoms in total. The monoisotopic (exact) mass is 340 g/mol. The van der Waals surface area contributed by atoms with Gasteiger partial charge in [0.2, 0.25) is 5.95 Å². The number of aromatic nitrogens is 2. The van der Waals surface area contributed by atoms with Crippen LogP contribution in [-0.4, -0.2) is 49.2 Å². The SMILES string of the molecule is CN(CCOC(=O)[C@@H]1CCCN(c2ncccn2)C1)c1ccccc1. The molecule has 0 aliphatic carbocycles. The van der Waals surface area contributed by atoms with Gasteiger partial charge < -0.3 is 14.5 Å². The third-order valence-electron chi connectivity index (χ3n) is 4.46. The Morgan fingerprint density at radius 3 is 2.76 bits per heavy atom. The van der Waals surface area contributed by atoms with E-state index in [1.54, 1.807) is 18.5 Å². The van der Waals surface area contributed by atoms with Gasteiger partial charge in [0.15, 0.2) is 0 Å². The summed E-state index contributed by atoms with van der Waals surface area (Å²) in [4.78, 5) is 25.1. The fourth-order valence-corrected chi connectivity index (χ4v) is 3.02. The van der Waals surface area contributed by atoms with Crippen LogP contribution in [0.15, 0.2) is 48.8 Å². The first-order valence-corrected chi connectivity index (χ1v) is 8.69. The lowest BCUT2D eigenvalue weighted by Gasteiger charge is -2.31. The van der Waals surface area contributed by atoms with E-state index in [-0.39, 0.29) is 11.9 Å². The van der Waals surface area contributed by atoms with Crippen molar-refractivity contribution in [3.63, 3.8) is 0 Å². The highest BCUT2D eigenvalue weighted by Crippen LogP contribution is 2.21. The van der Waals surface area contributed by atoms with Crippen molar-refractivity contribution in [3.8, 4) is 0 Å². The molecule has 0 radical (unpaired) electrons. The lowest BCUT2D eigenvalue weighted by molar-refractivity contribution is -0.148. The van der Waals surface area contributed by atoms with Crippen LogP contribution >= 0.6 is 0 Å². The molecule has 25 heavy (non-hydrogen) atoms. The molecule has 2 aromatic rings. The maximum absolute atomic E-state index is 12.4. The van der Waals surface area contributed by atoms with E-state index in [4.69, 9.17) is 4.74 Å². The summed E-state index contributed by atoms with van der Waals surface area (Å²) in [6.45, 7) is 2.57. The molecule has 1 aromatic heterocycles. The Morgan fingerprint density at radius 2 is 2.00 bits per heavy atom. The highest BCUT2D eigenvalue weighted by Gasteiger charge is 2.28. The minimum absolute atomic E-state index is 0.111. The molecule has 0 spiro atoms. The summed E-state index contributed by atoms with van der Waals surface area (Å²) in [5.41, 5.74) is 1.11. The number of hydrogen-bond donors (Lipinski definition) is 0. The Balaban J connectivity index is 1.46. The molecule has 1 saturated heterocycles. The number of likely N-dealkylation sites (N-methyl/N-ethyl adjacent to an activating group) is 1. The molecule has 3 rings (SSSR count). The smallest absolute Gasteiger partial charge is 0.310 e. The van der Waals surface area contributed by atoms with Crippen LogP contribution in [0.2, 0.25) is 0 Å². The number of anilines is 2. The standard InChI is InChI=1S/C19H24N4O2/c1-22(17-8-3-2-4-9-17)13-14-25-18(24)16-7-5-12-23(15-16)19-20-10-6-11-21-19/h2-4,6,8-11,16H,5,7,12-15H2,1H3/t16-/m1/s1. The molecule has 1 aromatic carbocycles. The topological polar surface area (TPSA) is 58.6 Å². The zero-order valence-electron chi connectivity index (χ0n) is 14.5. The number of rotatable bonds is 6. The number of carbonyl (C=O) groups excluding carboxylic acids is 1. The van der Waals surface area contributed by atoms with Crippen molar-refractivity contribution < 1.29 is 9.53 Å². The maximum atomic E-state index is 12.4. The van der Waals surface area contributed by atoms with E-state index < -0.39 is 0 Å². The van der Waals surface area contributed by atoms with Crippen molar-refractivity contribution in [1.82, 2.24) is 9.97 Å². The first kappa shape index (κ1) is 17.2. The molecular formula is C19H24N4O2. The summed E-state index contributed by atoms with van der Waals surface area (Å²) >= 11 is 0. The molecule has 0 saturated carbocycles. The van der Waals surface area contributed by atoms with Crippen LogP contribution in [0.4, 0.5) is 11.6 Å². The van der Waals surface area contributed by atoms with Crippen LogP contribution in [0.25, 0.3) is 0 Å². The second-order valence-corrected chi connectivity index (χ2v) is 6.26. The van der Waals surface area contributed by atoms with Gasteiger partial charge >= 0.3 is 5.97 Å². The van der Waals surface area contributed by atoms with Gasteiger partial charge in [0.25, 0.3) is 0 Å². The highest BCUT2D eigenvalue weighted by atomic mass is 16.5. The number of esters is 1. The van der Waals surface area contributed by atoms with Crippen LogP contribution in [0.5, 0.6) is 0 Å². The Bertz CT molecular complexity index is 666. The van der Waals surface area contributed by atoms with Gasteiger partial charge in [-0.3, -0.25) is 4.79 Å². The Hall–Kier alpha value is -2.63. The molecule has 1 aliphatic heterocycles. The van der Waals surface area contributed by atoms with Gasteiger partial charge in [-0.25, -0.2) is 9.97 Å². The fourth-order valence-electron chi connectivity index (χ4n) is 3.02. The molecule has 6 heteroatoms. The van der Waals surface area contributed by atoms with Crippen LogP contribution in [0.1, 0.15) is 12.8 Å². The summed E-state index contributed by atoms with van der Waals surface area (Å²) in [7, 11) is 2.00. The molecule has 1 aliphatic rings. The van der Waals surface area contributed by atoms with Crippen molar-refractivity contribution in [1.29, 1.82) is 0 Å². The Kier molecular flexibility index (Phi) is 5.82. The third kappa shape index (κ3) is 4.68. The van der Waals surface area contributed by atoms with Gasteiger partial charge in [-0.15, -0.1) is 0 Å². The number of hydrogen-bond acceptors (Lipinski definition) is 6. The molecule has 132 valence electrons. The number of piperidine rings is 1. The van der Waals surface area contributed by atoms with E-state index in [9.17, 15) is 4.79 Å². The zero-order valence-corrected chi connectivity index (χ0v) is 14.5. The van der Waals surface area contributed by atoms with Crippen LogP contribution in [0, 0.1) is 5.92 Å². The maximum Gasteiger partial charge on any atom is 0.310 e. The highest BCUT2D eigenvalue weighted by molar-refractivity contribution is 5.73. The zero-order chi connectivity index (χ0) is 17.5. The van der Waals surface area contributed by atoms with Crippen molar-refractivity contribution >= 4 is 17.6 Å². The molecular weight excluding hydrogens is 316 g/mol. The first-order valence-electron chi connectivity index (χ1n) is 8.69. The average Bonchev–Trinajstić information content (AvgIpc) is 2.69. The number of para-hydroxylation sites is 1. The van der Waals surface area contributed by atoms with E-state index in [1.807, 2.05) is 37.4 Å². The number of carbonyl (C=O) groups is 1. The van der Waals surface area contributed by atoms with Crippen molar-refractivity contribution in [2.75, 3.05) is 43.1 Å². The van der Waals surface area contributed by atoms with E-state index >= 15 is 0 Å². The van der Waals surface area contributed by atoms with Crippen molar-refractivity contribution in [2.24, 2.45) is 5.92 Å². The van der Waals surface area contributed by atoms with Gasteiger partial charge in [-0.1, -0.05) is 18.2 Å². The number of benzene rings is 1. The average molecular weight is 340 g/mol. The van der Waals surface area contributed by atoms with Gasteiger partial charge in [0, 0.05) is 38.2 Å². The summed E-state index contributed by atoms with van der Waals surface area (Å²) in [5, 5.41) is 0. The minimum atomic E-state index is -0.123. The van der Waals surface area contributed by atoms with Gasteiger partial charge in [0.1, 0.15) is 6.61 Å². The minimum Gasteiger partial charge on any atom is -0.464 e. The number of nitrogens with zero attached hydrogens (tertiary/aromatic N) is 4. The normalized spacial score (nSPS) is 17.2. The molecule has 1 fully saturated rings. The summed E-state index contributed by atoms with van der Waals surface area (Å²) < 4.78 is 5.51. The molecule has 2 heterocycles. The quantitative estimate of drug-likeness (QED) is 0.753. The van der Waals surface area contributed by atoms with Crippen molar-refractivity contribution in [2.45, 2.75) is 12.8 Å². The molecule has 0 amide bonds. The lowest BCUT2D eigenvalue weighted by atomic mass is 9.98. The lowest BCUT2D eigenvalue weighted by Crippen LogP contribution is -2.40. The molecule has 0 N–H and O–H groups in total. The van der Waals surface area contributed by atoms with E-state index in [0.29, 0.717) is 25.6 Å². The van der Waals surface area contributed by atoms with Crippen molar-refractivity contribution in [3.05, 3.63) is 48.8 Å². The second-order valence-electron chi connectivity index (χ2n) is 6.26. The third-order valence-corrected chi connectivity index (χ3v) is 4.46. The van der Waals surface area contributed by atoms with Gasteiger partial charge in [-0.05, 0) is 31.0 Å². The van der Waals surface area contributed by atoms with Crippen LogP contribution < -0.4 is 9.80 Å². The van der Waals surface area contributed by atoms with Crippen LogP contribution in [0.3, 0.4) is 0 Å². The summed E-state index contributed by atoms with van der Waals surface area (Å²) in [5.74, 6) is 0.450. The second kappa shape index (κ2) is 8.46. The Morgan fingerprint density at radius 1 is 1.24 bits per heavy atom. The predicted molar refractivity (Wildman–Crippen MR) is 97.6 cm³/mol. The number of ether oxygens (including phenoxy) is 1. The van der Waals surface area contributed by atoms with Crippen LogP contribution in [-0.2, 0) is 9.53 Å².